The number of H-pyrrole nitrogens is 1. The third-order valence-corrected chi connectivity index (χ3v) is 4.28. The second-order valence-electron chi connectivity index (χ2n) is 6.17. The van der Waals surface area contributed by atoms with E-state index in [1.54, 1.807) is 26.4 Å². The van der Waals surface area contributed by atoms with Crippen molar-refractivity contribution in [2.75, 3.05) is 14.2 Å². The SMILES string of the molecule is COc1ccc(CNC(=O)c2[nH]cnc2C(=O)NCc2ccccc2)cc1OC. The summed E-state index contributed by atoms with van der Waals surface area (Å²) in [6, 6.07) is 14.9. The van der Waals surface area contributed by atoms with Crippen molar-refractivity contribution in [2.45, 2.75) is 13.1 Å². The molecule has 0 aliphatic carbocycles. The molecule has 0 spiro atoms. The molecule has 3 N–H and O–H groups in total. The highest BCUT2D eigenvalue weighted by Crippen LogP contribution is 2.27. The fourth-order valence-corrected chi connectivity index (χ4v) is 2.76. The van der Waals surface area contributed by atoms with Crippen LogP contribution in [0.25, 0.3) is 0 Å². The molecule has 8 heteroatoms. The molecular weight excluding hydrogens is 372 g/mol. The van der Waals surface area contributed by atoms with Crippen molar-refractivity contribution in [3.05, 3.63) is 77.4 Å². The Hall–Kier alpha value is -3.81. The summed E-state index contributed by atoms with van der Waals surface area (Å²) >= 11 is 0. The molecule has 8 nitrogen and oxygen atoms in total. The van der Waals surface area contributed by atoms with Crippen molar-refractivity contribution >= 4 is 11.8 Å². The summed E-state index contributed by atoms with van der Waals surface area (Å²) in [6.45, 7) is 0.600. The monoisotopic (exact) mass is 394 g/mol. The van der Waals surface area contributed by atoms with E-state index in [2.05, 4.69) is 20.6 Å². The smallest absolute Gasteiger partial charge is 0.272 e. The zero-order valence-electron chi connectivity index (χ0n) is 16.2. The lowest BCUT2D eigenvalue weighted by Crippen LogP contribution is -2.29. The van der Waals surface area contributed by atoms with Gasteiger partial charge in [-0.3, -0.25) is 9.59 Å². The Morgan fingerprint density at radius 1 is 0.897 bits per heavy atom. The third kappa shape index (κ3) is 4.92. The molecule has 0 atom stereocenters. The Morgan fingerprint density at radius 3 is 2.31 bits per heavy atom. The summed E-state index contributed by atoms with van der Waals surface area (Å²) in [5.41, 5.74) is 1.93. The van der Waals surface area contributed by atoms with Gasteiger partial charge in [-0.25, -0.2) is 4.98 Å². The van der Waals surface area contributed by atoms with Crippen LogP contribution in [0.1, 0.15) is 32.1 Å². The molecule has 2 amide bonds. The van der Waals surface area contributed by atoms with Gasteiger partial charge in [-0.15, -0.1) is 0 Å². The summed E-state index contributed by atoms with van der Waals surface area (Å²) in [5, 5.41) is 5.54. The van der Waals surface area contributed by atoms with E-state index < -0.39 is 11.8 Å². The fourth-order valence-electron chi connectivity index (χ4n) is 2.76. The Bertz CT molecular complexity index is 985. The zero-order chi connectivity index (χ0) is 20.6. The van der Waals surface area contributed by atoms with Gasteiger partial charge in [0.05, 0.1) is 20.5 Å². The van der Waals surface area contributed by atoms with E-state index in [1.165, 1.54) is 6.33 Å². The van der Waals surface area contributed by atoms with Gasteiger partial charge in [-0.2, -0.15) is 0 Å². The number of imidazole rings is 1. The summed E-state index contributed by atoms with van der Waals surface area (Å²) in [7, 11) is 3.10. The minimum Gasteiger partial charge on any atom is -0.493 e. The maximum Gasteiger partial charge on any atom is 0.272 e. The van der Waals surface area contributed by atoms with E-state index in [1.807, 2.05) is 36.4 Å². The Kier molecular flexibility index (Phi) is 6.47. The molecule has 1 aromatic heterocycles. The molecule has 0 unspecified atom stereocenters. The summed E-state index contributed by atoms with van der Waals surface area (Å²) in [4.78, 5) is 31.7. The van der Waals surface area contributed by atoms with Crippen LogP contribution in [0.2, 0.25) is 0 Å². The largest absolute Gasteiger partial charge is 0.493 e. The molecule has 0 fully saturated rings. The van der Waals surface area contributed by atoms with Gasteiger partial charge in [0.2, 0.25) is 0 Å². The molecule has 29 heavy (non-hydrogen) atoms. The number of hydrogen-bond donors (Lipinski definition) is 3. The van der Waals surface area contributed by atoms with E-state index in [0.717, 1.165) is 11.1 Å². The van der Waals surface area contributed by atoms with Gasteiger partial charge in [-0.05, 0) is 23.3 Å². The second kappa shape index (κ2) is 9.41. The first-order valence-corrected chi connectivity index (χ1v) is 8.97. The molecule has 2 aromatic carbocycles. The van der Waals surface area contributed by atoms with E-state index in [4.69, 9.17) is 9.47 Å². The van der Waals surface area contributed by atoms with Crippen LogP contribution in [0.5, 0.6) is 11.5 Å². The van der Waals surface area contributed by atoms with E-state index >= 15 is 0 Å². The molecule has 0 aliphatic heterocycles. The van der Waals surface area contributed by atoms with Crippen LogP contribution < -0.4 is 20.1 Å². The van der Waals surface area contributed by atoms with Crippen LogP contribution in [0.4, 0.5) is 0 Å². The normalized spacial score (nSPS) is 10.3. The summed E-state index contributed by atoms with van der Waals surface area (Å²) in [5.74, 6) is 0.323. The summed E-state index contributed by atoms with van der Waals surface area (Å²) < 4.78 is 10.5. The first-order valence-electron chi connectivity index (χ1n) is 8.97. The number of nitrogens with zero attached hydrogens (tertiary/aromatic N) is 1. The number of aromatic nitrogens is 2. The van der Waals surface area contributed by atoms with E-state index in [0.29, 0.717) is 18.0 Å². The zero-order valence-corrected chi connectivity index (χ0v) is 16.2. The number of aromatic amines is 1. The van der Waals surface area contributed by atoms with Crippen LogP contribution in [-0.2, 0) is 13.1 Å². The number of methoxy groups -OCH3 is 2. The Morgan fingerprint density at radius 2 is 1.59 bits per heavy atom. The maximum atomic E-state index is 12.5. The third-order valence-electron chi connectivity index (χ3n) is 4.28. The van der Waals surface area contributed by atoms with Crippen molar-refractivity contribution in [3.63, 3.8) is 0 Å². The lowest BCUT2D eigenvalue weighted by atomic mass is 10.2. The highest BCUT2D eigenvalue weighted by molar-refractivity contribution is 6.04. The molecular formula is C21H22N4O4. The van der Waals surface area contributed by atoms with Gasteiger partial charge < -0.3 is 25.1 Å². The van der Waals surface area contributed by atoms with Gasteiger partial charge in [0.25, 0.3) is 11.8 Å². The minimum atomic E-state index is -0.429. The number of carbonyl (C=O) groups is 2. The number of rotatable bonds is 8. The number of carbonyl (C=O) groups excluding carboxylic acids is 2. The van der Waals surface area contributed by atoms with Crippen LogP contribution >= 0.6 is 0 Å². The van der Waals surface area contributed by atoms with Crippen LogP contribution in [0.3, 0.4) is 0 Å². The standard InChI is InChI=1S/C21H22N4O4/c1-28-16-9-8-15(10-17(16)29-2)12-23-21(27)19-18(24-13-25-19)20(26)22-11-14-6-4-3-5-7-14/h3-10,13H,11-12H2,1-2H3,(H,22,26)(H,23,27)(H,24,25). The molecule has 3 aromatic rings. The van der Waals surface area contributed by atoms with Crippen molar-refractivity contribution in [1.82, 2.24) is 20.6 Å². The lowest BCUT2D eigenvalue weighted by Gasteiger charge is -2.10. The molecule has 150 valence electrons. The van der Waals surface area contributed by atoms with Gasteiger partial charge in [0.15, 0.2) is 17.2 Å². The predicted molar refractivity (Wildman–Crippen MR) is 107 cm³/mol. The van der Waals surface area contributed by atoms with Gasteiger partial charge in [0.1, 0.15) is 5.69 Å². The molecule has 1 heterocycles. The quantitative estimate of drug-likeness (QED) is 0.544. The molecule has 0 aliphatic rings. The lowest BCUT2D eigenvalue weighted by molar-refractivity contribution is 0.0911. The topological polar surface area (TPSA) is 105 Å². The number of ether oxygens (including phenoxy) is 2. The van der Waals surface area contributed by atoms with Crippen molar-refractivity contribution in [2.24, 2.45) is 0 Å². The molecule has 0 bridgehead atoms. The number of benzene rings is 2. The van der Waals surface area contributed by atoms with Crippen LogP contribution in [0, 0.1) is 0 Å². The fraction of sp³-hybridized carbons (Fsp3) is 0.190. The first kappa shape index (κ1) is 19.9. The average Bonchev–Trinajstić information content (AvgIpc) is 3.26. The Labute approximate surface area is 168 Å². The Balaban J connectivity index is 1.62. The van der Waals surface area contributed by atoms with Crippen molar-refractivity contribution in [1.29, 1.82) is 0 Å². The number of nitrogens with one attached hydrogen (secondary N) is 3. The van der Waals surface area contributed by atoms with Gasteiger partial charge in [0, 0.05) is 13.1 Å². The molecule has 0 saturated heterocycles. The highest BCUT2D eigenvalue weighted by atomic mass is 16.5. The van der Waals surface area contributed by atoms with Crippen LogP contribution in [-0.4, -0.2) is 36.0 Å². The van der Waals surface area contributed by atoms with E-state index in [-0.39, 0.29) is 17.9 Å². The molecule has 3 rings (SSSR count). The summed E-state index contributed by atoms with van der Waals surface area (Å²) in [6.07, 6.45) is 1.32. The molecule has 0 radical (unpaired) electrons. The predicted octanol–water partition coefficient (Wildman–Crippen LogP) is 2.29. The van der Waals surface area contributed by atoms with Crippen molar-refractivity contribution < 1.29 is 19.1 Å². The highest BCUT2D eigenvalue weighted by Gasteiger charge is 2.20. The van der Waals surface area contributed by atoms with E-state index in [9.17, 15) is 9.59 Å². The van der Waals surface area contributed by atoms with Crippen LogP contribution in [0.15, 0.2) is 54.9 Å². The molecule has 0 saturated carbocycles. The first-order chi connectivity index (χ1) is 14.1. The average molecular weight is 394 g/mol. The number of hydrogen-bond acceptors (Lipinski definition) is 5. The number of amides is 2. The second-order valence-corrected chi connectivity index (χ2v) is 6.17. The van der Waals surface area contributed by atoms with Gasteiger partial charge in [-0.1, -0.05) is 36.4 Å². The van der Waals surface area contributed by atoms with Gasteiger partial charge >= 0.3 is 0 Å². The minimum absolute atomic E-state index is 0.0470. The van der Waals surface area contributed by atoms with Crippen molar-refractivity contribution in [3.8, 4) is 11.5 Å². The maximum absolute atomic E-state index is 12.5.